The van der Waals surface area contributed by atoms with Gasteiger partial charge in [-0.2, -0.15) is 0 Å². The zero-order chi connectivity index (χ0) is 43.0. The molecule has 5 heteroatoms. The average Bonchev–Trinajstić information content (AvgIpc) is 4.11. The van der Waals surface area contributed by atoms with Crippen molar-refractivity contribution in [2.75, 3.05) is 9.80 Å². The second-order valence-corrected chi connectivity index (χ2v) is 17.5. The summed E-state index contributed by atoms with van der Waals surface area (Å²) >= 11 is 0. The lowest BCUT2D eigenvalue weighted by Gasteiger charge is -2.26. The second-order valence-electron chi connectivity index (χ2n) is 17.5. The first-order chi connectivity index (χ1) is 32.8. The zero-order valence-corrected chi connectivity index (χ0v) is 35.6. The maximum absolute atomic E-state index is 5.67. The van der Waals surface area contributed by atoms with Gasteiger partial charge < -0.3 is 14.2 Å². The highest BCUT2D eigenvalue weighted by atomic mass is 15.2. The van der Waals surface area contributed by atoms with E-state index >= 15 is 0 Å². The van der Waals surface area contributed by atoms with Crippen molar-refractivity contribution in [2.45, 2.75) is 0 Å². The van der Waals surface area contributed by atoms with Crippen LogP contribution in [0.4, 0.5) is 34.1 Å². The molecule has 0 amide bonds. The predicted molar refractivity (Wildman–Crippen MR) is 278 cm³/mol. The Morgan fingerprint density at radius 1 is 0.303 bits per heavy atom. The van der Waals surface area contributed by atoms with Crippen LogP contribution in [0.1, 0.15) is 0 Å². The molecule has 0 N–H and O–H groups in total. The van der Waals surface area contributed by atoms with Crippen LogP contribution in [-0.2, 0) is 0 Å². The summed E-state index contributed by atoms with van der Waals surface area (Å²) in [5, 5.41) is 14.7. The van der Waals surface area contributed by atoms with Gasteiger partial charge in [-0.15, -0.1) is 0 Å². The molecule has 66 heavy (non-hydrogen) atoms. The Bertz CT molecular complexity index is 4310. The number of fused-ring (bicyclic) bond motifs is 17. The smallest absolute Gasteiger partial charge is 0.146 e. The van der Waals surface area contributed by atoms with Gasteiger partial charge in [-0.3, -0.25) is 4.40 Å². The molecule has 15 aromatic rings. The number of hydrogen-bond donors (Lipinski definition) is 0. The van der Waals surface area contributed by atoms with E-state index in [1.165, 1.54) is 75.7 Å². The van der Waals surface area contributed by atoms with E-state index in [0.29, 0.717) is 0 Å². The van der Waals surface area contributed by atoms with Gasteiger partial charge in [0.15, 0.2) is 0 Å². The number of para-hydroxylation sites is 6. The molecule has 15 rings (SSSR count). The van der Waals surface area contributed by atoms with Crippen molar-refractivity contribution in [1.29, 1.82) is 0 Å². The molecule has 5 nitrogen and oxygen atoms in total. The Hall–Kier alpha value is -8.93. The Kier molecular flexibility index (Phi) is 7.16. The van der Waals surface area contributed by atoms with Crippen molar-refractivity contribution >= 4 is 132 Å². The summed E-state index contributed by atoms with van der Waals surface area (Å²) in [7, 11) is 0. The van der Waals surface area contributed by atoms with E-state index in [1.54, 1.807) is 0 Å². The van der Waals surface area contributed by atoms with Crippen LogP contribution < -0.4 is 9.80 Å². The van der Waals surface area contributed by atoms with E-state index < -0.39 is 0 Å². The largest absolute Gasteiger partial charge is 0.308 e. The van der Waals surface area contributed by atoms with E-state index in [4.69, 9.17) is 4.98 Å². The molecular weight excluding hydrogens is 803 g/mol. The molecule has 0 aliphatic carbocycles. The molecule has 0 spiro atoms. The van der Waals surface area contributed by atoms with Crippen LogP contribution in [-0.4, -0.2) is 13.8 Å². The molecule has 0 saturated carbocycles. The standard InChI is InChI=1S/C61H37N5/c1-5-21-40(22-6-1)63(41-23-7-2-8-24-41)50-33-17-31-46-48-35-38-19-14-16-30-45(38)55-56-54-49-36-39-20-13-15-29-44(39)53-47-32-18-34-51(64(42-25-9-3-10-26-42)43-27-11-4-12-28-43)58(47)65(60(49)53)52(54)37-62-61(56)66(57(46)50)59(48)55/h1-37H. The first-order valence-corrected chi connectivity index (χ1v) is 22.6. The van der Waals surface area contributed by atoms with Gasteiger partial charge in [-0.1, -0.05) is 146 Å². The molecule has 0 bridgehead atoms. The Morgan fingerprint density at radius 2 is 0.742 bits per heavy atom. The van der Waals surface area contributed by atoms with Gasteiger partial charge in [0.25, 0.3) is 0 Å². The number of benzene rings is 10. The highest BCUT2D eigenvalue weighted by Crippen LogP contribution is 2.53. The summed E-state index contributed by atoms with van der Waals surface area (Å²) in [4.78, 5) is 10.5. The quantitative estimate of drug-likeness (QED) is 0.167. The van der Waals surface area contributed by atoms with Crippen LogP contribution >= 0.6 is 0 Å². The number of anilines is 6. The molecule has 5 heterocycles. The van der Waals surface area contributed by atoms with E-state index in [-0.39, 0.29) is 0 Å². The third-order valence-electron chi connectivity index (χ3n) is 14.1. The van der Waals surface area contributed by atoms with Crippen LogP contribution in [0.2, 0.25) is 0 Å². The van der Waals surface area contributed by atoms with Crippen molar-refractivity contribution in [3.63, 3.8) is 0 Å². The van der Waals surface area contributed by atoms with E-state index in [0.717, 1.165) is 56.3 Å². The average molecular weight is 840 g/mol. The first kappa shape index (κ1) is 35.5. The molecule has 5 aromatic heterocycles. The third kappa shape index (κ3) is 4.65. The minimum atomic E-state index is 0.959. The fraction of sp³-hybridized carbons (Fsp3) is 0. The number of pyridine rings is 1. The minimum Gasteiger partial charge on any atom is -0.308 e. The summed E-state index contributed by atoms with van der Waals surface area (Å²) in [5.74, 6) is 0. The van der Waals surface area contributed by atoms with Crippen LogP contribution in [0, 0.1) is 0 Å². The summed E-state index contributed by atoms with van der Waals surface area (Å²) in [6.07, 6.45) is 2.16. The van der Waals surface area contributed by atoms with Gasteiger partial charge in [-0.25, -0.2) is 4.98 Å². The minimum absolute atomic E-state index is 0.959. The number of nitrogens with zero attached hydrogens (tertiary/aromatic N) is 5. The summed E-state index contributed by atoms with van der Waals surface area (Å²) < 4.78 is 5.02. The molecule has 0 radical (unpaired) electrons. The lowest BCUT2D eigenvalue weighted by Crippen LogP contribution is -2.10. The van der Waals surface area contributed by atoms with Crippen LogP contribution in [0.25, 0.3) is 97.9 Å². The Morgan fingerprint density at radius 3 is 1.30 bits per heavy atom. The van der Waals surface area contributed by atoms with E-state index in [9.17, 15) is 0 Å². The van der Waals surface area contributed by atoms with Crippen LogP contribution in [0.5, 0.6) is 0 Å². The van der Waals surface area contributed by atoms with Crippen molar-refractivity contribution in [2.24, 2.45) is 0 Å². The number of rotatable bonds is 6. The molecular formula is C61H37N5. The van der Waals surface area contributed by atoms with Gasteiger partial charge >= 0.3 is 0 Å². The van der Waals surface area contributed by atoms with Gasteiger partial charge in [0.2, 0.25) is 0 Å². The van der Waals surface area contributed by atoms with Gasteiger partial charge in [0.1, 0.15) is 5.65 Å². The monoisotopic (exact) mass is 839 g/mol. The fourth-order valence-corrected chi connectivity index (χ4v) is 11.6. The topological polar surface area (TPSA) is 28.2 Å². The zero-order valence-electron chi connectivity index (χ0n) is 35.6. The van der Waals surface area contributed by atoms with Crippen molar-refractivity contribution in [1.82, 2.24) is 13.8 Å². The lowest BCUT2D eigenvalue weighted by molar-refractivity contribution is 1.23. The van der Waals surface area contributed by atoms with Gasteiger partial charge in [-0.05, 0) is 94.3 Å². The summed E-state index contributed by atoms with van der Waals surface area (Å²) in [5.41, 5.74) is 13.4. The molecule has 0 unspecified atom stereocenters. The summed E-state index contributed by atoms with van der Waals surface area (Å²) in [6, 6.07) is 79.3. The van der Waals surface area contributed by atoms with Crippen molar-refractivity contribution in [3.8, 4) is 0 Å². The molecule has 0 fully saturated rings. The molecule has 0 saturated heterocycles. The van der Waals surface area contributed by atoms with Crippen LogP contribution in [0.3, 0.4) is 0 Å². The van der Waals surface area contributed by atoms with Crippen molar-refractivity contribution in [3.05, 3.63) is 225 Å². The highest BCUT2D eigenvalue weighted by molar-refractivity contribution is 6.41. The third-order valence-corrected chi connectivity index (χ3v) is 14.1. The molecule has 0 aliphatic heterocycles. The van der Waals surface area contributed by atoms with E-state index in [2.05, 4.69) is 243 Å². The second kappa shape index (κ2) is 13.3. The van der Waals surface area contributed by atoms with E-state index in [1.807, 2.05) is 0 Å². The summed E-state index contributed by atoms with van der Waals surface area (Å²) in [6.45, 7) is 0. The first-order valence-electron chi connectivity index (χ1n) is 22.6. The number of hydrogen-bond acceptors (Lipinski definition) is 3. The van der Waals surface area contributed by atoms with Crippen molar-refractivity contribution < 1.29 is 0 Å². The lowest BCUT2D eigenvalue weighted by atomic mass is 9.97. The fourth-order valence-electron chi connectivity index (χ4n) is 11.6. The molecule has 0 aliphatic rings. The normalized spacial score (nSPS) is 12.2. The molecule has 306 valence electrons. The predicted octanol–water partition coefficient (Wildman–Crippen LogP) is 16.6. The van der Waals surface area contributed by atoms with Crippen LogP contribution in [0.15, 0.2) is 225 Å². The molecule has 10 aromatic carbocycles. The maximum atomic E-state index is 5.67. The Balaban J connectivity index is 1.16. The number of aromatic nitrogens is 3. The molecule has 0 atom stereocenters. The SMILES string of the molecule is c1ccc(N(c2ccccc2)c2cccc3c4c5ccccc5cc5c6c7c8c9ccccc9cc9c%10cccc(N(c%11ccccc%11)c%11ccccc%11)c%10n(c7ncc6n(c23)c54)c98)cc1. The highest BCUT2D eigenvalue weighted by Gasteiger charge is 2.30. The Labute approximate surface area is 378 Å². The maximum Gasteiger partial charge on any atom is 0.146 e. The van der Waals surface area contributed by atoms with Gasteiger partial charge in [0, 0.05) is 65.8 Å². The van der Waals surface area contributed by atoms with Gasteiger partial charge in [0.05, 0.1) is 45.2 Å².